The number of halogens is 2. The molecule has 0 heterocycles. The van der Waals surface area contributed by atoms with Crippen LogP contribution in [-0.2, 0) is 9.59 Å². The van der Waals surface area contributed by atoms with Gasteiger partial charge in [-0.15, -0.1) is 0 Å². The summed E-state index contributed by atoms with van der Waals surface area (Å²) in [5.41, 5.74) is 0. The van der Waals surface area contributed by atoms with Crippen LogP contribution in [0.2, 0.25) is 0 Å². The van der Waals surface area contributed by atoms with Crippen LogP contribution in [0.5, 0.6) is 0 Å². The van der Waals surface area contributed by atoms with Crippen molar-refractivity contribution < 1.29 is 9.59 Å². The first-order valence-corrected chi connectivity index (χ1v) is 4.50. The fourth-order valence-electron chi connectivity index (χ4n) is 0.443. The van der Waals surface area contributed by atoms with Crippen molar-refractivity contribution in [2.24, 2.45) is 5.92 Å². The van der Waals surface area contributed by atoms with Crippen LogP contribution in [0, 0.1) is 5.92 Å². The molecule has 1 atom stereocenters. The minimum Gasteiger partial charge on any atom is -0.287 e. The largest absolute Gasteiger partial charge is 0.287 e. The van der Waals surface area contributed by atoms with Gasteiger partial charge in [0, 0.05) is 12.3 Å². The quantitative estimate of drug-likeness (QED) is 0.735. The molecule has 0 aliphatic heterocycles. The molecule has 0 saturated carbocycles. The molecule has 2 nitrogen and oxygen atoms in total. The molecular weight excluding hydrogens is 264 g/mol. The van der Waals surface area contributed by atoms with E-state index in [1.54, 1.807) is 6.92 Å². The summed E-state index contributed by atoms with van der Waals surface area (Å²) in [7, 11) is 0. The third kappa shape index (κ3) is 5.11. The van der Waals surface area contributed by atoms with E-state index in [0.29, 0.717) is 12.8 Å². The summed E-state index contributed by atoms with van der Waals surface area (Å²) < 4.78 is -0.0886. The normalized spacial score (nSPS) is 12.7. The van der Waals surface area contributed by atoms with Crippen LogP contribution in [0.4, 0.5) is 0 Å². The molecule has 0 bridgehead atoms. The van der Waals surface area contributed by atoms with Crippen molar-refractivity contribution >= 4 is 41.2 Å². The van der Waals surface area contributed by atoms with E-state index in [0.717, 1.165) is 0 Å². The van der Waals surface area contributed by atoms with Gasteiger partial charge in [-0.2, -0.15) is 0 Å². The number of hydrogen-bond donors (Lipinski definition) is 0. The second-order valence-corrected chi connectivity index (χ2v) is 3.77. The minimum atomic E-state index is -0.0681. The average molecular weight is 272 g/mol. The van der Waals surface area contributed by atoms with E-state index >= 15 is 0 Å². The van der Waals surface area contributed by atoms with Gasteiger partial charge in [0.2, 0.25) is 4.69 Å². The SMILES string of the molecule is CC(CCC(=O)Br)C(=O)Br. The molecular formula is C6H8Br2O2. The molecule has 4 heteroatoms. The van der Waals surface area contributed by atoms with E-state index in [1.807, 2.05) is 0 Å². The lowest BCUT2D eigenvalue weighted by atomic mass is 10.1. The molecule has 0 radical (unpaired) electrons. The van der Waals surface area contributed by atoms with Crippen LogP contribution in [0.25, 0.3) is 0 Å². The summed E-state index contributed by atoms with van der Waals surface area (Å²) in [5.74, 6) is -0.0681. The first-order chi connectivity index (χ1) is 4.54. The molecule has 0 spiro atoms. The lowest BCUT2D eigenvalue weighted by Crippen LogP contribution is -2.04. The monoisotopic (exact) mass is 270 g/mol. The molecule has 0 N–H and O–H groups in total. The highest BCUT2D eigenvalue weighted by atomic mass is 79.9. The van der Waals surface area contributed by atoms with Gasteiger partial charge in [0.15, 0.2) is 4.69 Å². The number of rotatable bonds is 4. The van der Waals surface area contributed by atoms with Crippen LogP contribution in [-0.4, -0.2) is 9.39 Å². The van der Waals surface area contributed by atoms with E-state index < -0.39 is 0 Å². The Balaban J connectivity index is 3.49. The standard InChI is InChI=1S/C6H8Br2O2/c1-4(6(8)10)2-3-5(7)9/h4H,2-3H2,1H3. The Kier molecular flexibility index (Phi) is 5.17. The molecule has 0 saturated heterocycles. The van der Waals surface area contributed by atoms with Crippen molar-refractivity contribution in [2.75, 3.05) is 0 Å². The van der Waals surface area contributed by atoms with Crippen molar-refractivity contribution in [3.05, 3.63) is 0 Å². The third-order valence-corrected chi connectivity index (χ3v) is 2.34. The third-order valence-electron chi connectivity index (χ3n) is 1.16. The molecule has 10 heavy (non-hydrogen) atoms. The Hall–Kier alpha value is 0.300. The van der Waals surface area contributed by atoms with Gasteiger partial charge < -0.3 is 0 Å². The predicted molar refractivity (Wildman–Crippen MR) is 46.3 cm³/mol. The number of carbonyl (C=O) groups excluding carboxylic acids is 2. The summed E-state index contributed by atoms with van der Waals surface area (Å²) in [4.78, 5) is 20.9. The summed E-state index contributed by atoms with van der Waals surface area (Å²) in [6.45, 7) is 1.78. The van der Waals surface area contributed by atoms with Crippen LogP contribution in [0.1, 0.15) is 19.8 Å². The Morgan fingerprint density at radius 3 is 2.20 bits per heavy atom. The first kappa shape index (κ1) is 10.3. The van der Waals surface area contributed by atoms with Crippen LogP contribution in [0.3, 0.4) is 0 Å². The van der Waals surface area contributed by atoms with Crippen LogP contribution in [0.15, 0.2) is 0 Å². The fraction of sp³-hybridized carbons (Fsp3) is 0.667. The smallest absolute Gasteiger partial charge is 0.200 e. The van der Waals surface area contributed by atoms with Crippen LogP contribution >= 0.6 is 31.9 Å². The molecule has 0 aliphatic rings. The van der Waals surface area contributed by atoms with Crippen molar-refractivity contribution in [3.63, 3.8) is 0 Å². The summed E-state index contributed by atoms with van der Waals surface area (Å²) in [6, 6.07) is 0. The zero-order valence-electron chi connectivity index (χ0n) is 5.56. The Morgan fingerprint density at radius 1 is 1.40 bits per heavy atom. The Labute approximate surface area is 76.6 Å². The Bertz CT molecular complexity index is 145. The summed E-state index contributed by atoms with van der Waals surface area (Å²) in [5, 5.41) is 0. The maximum Gasteiger partial charge on any atom is 0.200 e. The second-order valence-electron chi connectivity index (χ2n) is 2.10. The lowest BCUT2D eigenvalue weighted by Gasteiger charge is -2.01. The molecule has 0 aromatic rings. The van der Waals surface area contributed by atoms with E-state index in [2.05, 4.69) is 31.9 Å². The molecule has 1 unspecified atom stereocenters. The van der Waals surface area contributed by atoms with E-state index in [9.17, 15) is 9.59 Å². The first-order valence-electron chi connectivity index (χ1n) is 2.91. The topological polar surface area (TPSA) is 34.1 Å². The van der Waals surface area contributed by atoms with Crippen molar-refractivity contribution in [1.82, 2.24) is 0 Å². The zero-order valence-corrected chi connectivity index (χ0v) is 8.74. The molecule has 0 fully saturated rings. The zero-order chi connectivity index (χ0) is 8.15. The highest BCUT2D eigenvalue weighted by Crippen LogP contribution is 2.11. The van der Waals surface area contributed by atoms with Crippen molar-refractivity contribution in [2.45, 2.75) is 19.8 Å². The Morgan fingerprint density at radius 2 is 1.90 bits per heavy atom. The maximum absolute atomic E-state index is 10.5. The summed E-state index contributed by atoms with van der Waals surface area (Å²) >= 11 is 5.61. The molecule has 0 amide bonds. The molecule has 0 rings (SSSR count). The molecule has 58 valence electrons. The summed E-state index contributed by atoms with van der Waals surface area (Å²) in [6.07, 6.45) is 1.02. The van der Waals surface area contributed by atoms with E-state index in [-0.39, 0.29) is 15.3 Å². The van der Waals surface area contributed by atoms with Crippen molar-refractivity contribution in [3.8, 4) is 0 Å². The minimum absolute atomic E-state index is 0.0405. The van der Waals surface area contributed by atoms with Crippen LogP contribution < -0.4 is 0 Å². The van der Waals surface area contributed by atoms with Gasteiger partial charge >= 0.3 is 0 Å². The second kappa shape index (κ2) is 5.02. The molecule has 0 aliphatic carbocycles. The van der Waals surface area contributed by atoms with Gasteiger partial charge in [-0.05, 0) is 38.3 Å². The number of hydrogen-bond acceptors (Lipinski definition) is 2. The van der Waals surface area contributed by atoms with Gasteiger partial charge in [0.1, 0.15) is 0 Å². The van der Waals surface area contributed by atoms with Gasteiger partial charge in [0.05, 0.1) is 0 Å². The van der Waals surface area contributed by atoms with E-state index in [4.69, 9.17) is 0 Å². The number of carbonyl (C=O) groups is 2. The molecule has 0 aromatic carbocycles. The van der Waals surface area contributed by atoms with Gasteiger partial charge in [0.25, 0.3) is 0 Å². The highest BCUT2D eigenvalue weighted by molar-refractivity contribution is 9.18. The van der Waals surface area contributed by atoms with Gasteiger partial charge in [-0.25, -0.2) is 0 Å². The van der Waals surface area contributed by atoms with E-state index in [1.165, 1.54) is 0 Å². The molecule has 0 aromatic heterocycles. The fourth-order valence-corrected chi connectivity index (χ4v) is 0.901. The maximum atomic E-state index is 10.5. The highest BCUT2D eigenvalue weighted by Gasteiger charge is 2.09. The average Bonchev–Trinajstić information content (AvgIpc) is 1.82. The predicted octanol–water partition coefficient (Wildman–Crippen LogP) is 2.25. The van der Waals surface area contributed by atoms with Gasteiger partial charge in [-0.1, -0.05) is 6.92 Å². The van der Waals surface area contributed by atoms with Gasteiger partial charge in [-0.3, -0.25) is 9.59 Å². The van der Waals surface area contributed by atoms with Crippen molar-refractivity contribution in [1.29, 1.82) is 0 Å². The lowest BCUT2D eigenvalue weighted by molar-refractivity contribution is -0.114.